The standard InChI is InChI=1S/C18H25NOS/c1-6-13(2)14-7-9-15(10-8-14)20-11-17-19-16(12-21-17)18(3,4)5/h7-10,12-13H,6,11H2,1-5H3. The molecule has 0 radical (unpaired) electrons. The molecule has 1 heterocycles. The van der Waals surface area contributed by atoms with E-state index < -0.39 is 0 Å². The Hall–Kier alpha value is -1.35. The van der Waals surface area contributed by atoms with Crippen LogP contribution in [0.25, 0.3) is 0 Å². The predicted octanol–water partition coefficient (Wildman–Crippen LogP) is 5.53. The number of thiazole rings is 1. The second-order valence-corrected chi connectivity index (χ2v) is 7.49. The Balaban J connectivity index is 1.95. The Morgan fingerprint density at radius 3 is 2.38 bits per heavy atom. The molecule has 2 rings (SSSR count). The summed E-state index contributed by atoms with van der Waals surface area (Å²) in [6.07, 6.45) is 1.16. The maximum atomic E-state index is 5.83. The van der Waals surface area contributed by atoms with Crippen molar-refractivity contribution in [3.05, 3.63) is 45.9 Å². The number of hydrogen-bond acceptors (Lipinski definition) is 3. The first-order valence-corrected chi connectivity index (χ1v) is 8.45. The second-order valence-electron chi connectivity index (χ2n) is 6.54. The lowest BCUT2D eigenvalue weighted by molar-refractivity contribution is 0.304. The van der Waals surface area contributed by atoms with Gasteiger partial charge in [-0.1, -0.05) is 46.8 Å². The number of nitrogens with zero attached hydrogens (tertiary/aromatic N) is 1. The van der Waals surface area contributed by atoms with Crippen molar-refractivity contribution in [1.29, 1.82) is 0 Å². The fourth-order valence-electron chi connectivity index (χ4n) is 2.00. The Bertz CT molecular complexity index is 566. The van der Waals surface area contributed by atoms with E-state index in [-0.39, 0.29) is 5.41 Å². The monoisotopic (exact) mass is 303 g/mol. The van der Waals surface area contributed by atoms with Crippen LogP contribution in [0.4, 0.5) is 0 Å². The number of rotatable bonds is 5. The first-order valence-electron chi connectivity index (χ1n) is 7.57. The number of aromatic nitrogens is 1. The first-order chi connectivity index (χ1) is 9.90. The van der Waals surface area contributed by atoms with Gasteiger partial charge >= 0.3 is 0 Å². The maximum absolute atomic E-state index is 5.83. The van der Waals surface area contributed by atoms with Crippen LogP contribution in [0.2, 0.25) is 0 Å². The average Bonchev–Trinajstić information content (AvgIpc) is 2.94. The van der Waals surface area contributed by atoms with E-state index in [2.05, 4.69) is 69.2 Å². The molecule has 1 unspecified atom stereocenters. The van der Waals surface area contributed by atoms with Crippen LogP contribution in [-0.2, 0) is 12.0 Å². The minimum absolute atomic E-state index is 0.104. The molecule has 0 fully saturated rings. The third-order valence-corrected chi connectivity index (χ3v) is 4.57. The molecule has 114 valence electrons. The van der Waals surface area contributed by atoms with Gasteiger partial charge in [-0.2, -0.15) is 0 Å². The Labute approximate surface area is 132 Å². The number of hydrogen-bond donors (Lipinski definition) is 0. The lowest BCUT2D eigenvalue weighted by atomic mass is 9.93. The predicted molar refractivity (Wildman–Crippen MR) is 90.3 cm³/mol. The van der Waals surface area contributed by atoms with Crippen molar-refractivity contribution in [2.24, 2.45) is 0 Å². The van der Waals surface area contributed by atoms with E-state index in [1.165, 1.54) is 5.56 Å². The average molecular weight is 303 g/mol. The van der Waals surface area contributed by atoms with Gasteiger partial charge < -0.3 is 4.74 Å². The third kappa shape index (κ3) is 4.31. The van der Waals surface area contributed by atoms with Crippen molar-refractivity contribution in [3.8, 4) is 5.75 Å². The highest BCUT2D eigenvalue weighted by Crippen LogP contribution is 2.25. The van der Waals surface area contributed by atoms with Gasteiger partial charge in [0.25, 0.3) is 0 Å². The third-order valence-electron chi connectivity index (χ3n) is 3.74. The summed E-state index contributed by atoms with van der Waals surface area (Å²) in [6, 6.07) is 8.43. The minimum atomic E-state index is 0.104. The summed E-state index contributed by atoms with van der Waals surface area (Å²) in [7, 11) is 0. The molecule has 0 spiro atoms. The van der Waals surface area contributed by atoms with Crippen LogP contribution < -0.4 is 4.74 Å². The van der Waals surface area contributed by atoms with Crippen molar-refractivity contribution in [3.63, 3.8) is 0 Å². The fraction of sp³-hybridized carbons (Fsp3) is 0.500. The molecule has 0 bridgehead atoms. The van der Waals surface area contributed by atoms with Gasteiger partial charge in [0.2, 0.25) is 0 Å². The van der Waals surface area contributed by atoms with E-state index >= 15 is 0 Å². The zero-order valence-corrected chi connectivity index (χ0v) is 14.5. The van der Waals surface area contributed by atoms with Crippen LogP contribution in [0.3, 0.4) is 0 Å². The van der Waals surface area contributed by atoms with Gasteiger partial charge in [0, 0.05) is 10.8 Å². The smallest absolute Gasteiger partial charge is 0.140 e. The van der Waals surface area contributed by atoms with Gasteiger partial charge in [0.05, 0.1) is 5.69 Å². The summed E-state index contributed by atoms with van der Waals surface area (Å²) >= 11 is 1.67. The zero-order valence-electron chi connectivity index (χ0n) is 13.6. The summed E-state index contributed by atoms with van der Waals surface area (Å²) in [4.78, 5) is 4.65. The van der Waals surface area contributed by atoms with Gasteiger partial charge in [0.15, 0.2) is 0 Å². The number of benzene rings is 1. The fourth-order valence-corrected chi connectivity index (χ4v) is 2.93. The molecule has 2 aromatic rings. The summed E-state index contributed by atoms with van der Waals surface area (Å²) < 4.78 is 5.83. The highest BCUT2D eigenvalue weighted by Gasteiger charge is 2.17. The summed E-state index contributed by atoms with van der Waals surface area (Å²) in [5, 5.41) is 3.16. The molecule has 0 aliphatic rings. The molecule has 3 heteroatoms. The molecule has 0 aliphatic heterocycles. The number of ether oxygens (including phenoxy) is 1. The molecule has 21 heavy (non-hydrogen) atoms. The van der Waals surface area contributed by atoms with Gasteiger partial charge in [-0.15, -0.1) is 11.3 Å². The van der Waals surface area contributed by atoms with Gasteiger partial charge in [-0.25, -0.2) is 4.98 Å². The molecule has 0 amide bonds. The SMILES string of the molecule is CCC(C)c1ccc(OCc2nc(C(C)(C)C)cs2)cc1. The van der Waals surface area contributed by atoms with Crippen molar-refractivity contribution in [1.82, 2.24) is 4.98 Å². The van der Waals surface area contributed by atoms with E-state index in [4.69, 9.17) is 4.74 Å². The largest absolute Gasteiger partial charge is 0.486 e. The molecule has 0 saturated carbocycles. The van der Waals surface area contributed by atoms with E-state index in [0.29, 0.717) is 12.5 Å². The van der Waals surface area contributed by atoms with Crippen molar-refractivity contribution in [2.75, 3.05) is 0 Å². The molecular weight excluding hydrogens is 278 g/mol. The summed E-state index contributed by atoms with van der Waals surface area (Å²) in [6.45, 7) is 11.5. The van der Waals surface area contributed by atoms with Crippen molar-refractivity contribution >= 4 is 11.3 Å². The zero-order chi connectivity index (χ0) is 15.5. The van der Waals surface area contributed by atoms with Crippen LogP contribution in [0.1, 0.15) is 63.2 Å². The van der Waals surface area contributed by atoms with Gasteiger partial charge in [0.1, 0.15) is 17.4 Å². The first kappa shape index (κ1) is 16.0. The molecule has 0 N–H and O–H groups in total. The molecule has 0 aliphatic carbocycles. The van der Waals surface area contributed by atoms with Gasteiger partial charge in [-0.3, -0.25) is 0 Å². The highest BCUT2D eigenvalue weighted by molar-refractivity contribution is 7.09. The molecule has 1 atom stereocenters. The van der Waals surface area contributed by atoms with E-state index in [1.807, 2.05) is 0 Å². The van der Waals surface area contributed by atoms with Crippen molar-refractivity contribution in [2.45, 2.75) is 59.0 Å². The quantitative estimate of drug-likeness (QED) is 0.724. The Morgan fingerprint density at radius 2 is 1.86 bits per heavy atom. The normalized spacial score (nSPS) is 13.2. The Kier molecular flexibility index (Phi) is 5.04. The van der Waals surface area contributed by atoms with Crippen LogP contribution in [0, 0.1) is 0 Å². The molecule has 1 aromatic heterocycles. The molecular formula is C18H25NOS. The van der Waals surface area contributed by atoms with Crippen LogP contribution in [-0.4, -0.2) is 4.98 Å². The highest BCUT2D eigenvalue weighted by atomic mass is 32.1. The summed E-state index contributed by atoms with van der Waals surface area (Å²) in [5.41, 5.74) is 2.61. The van der Waals surface area contributed by atoms with Gasteiger partial charge in [-0.05, 0) is 30.0 Å². The maximum Gasteiger partial charge on any atom is 0.140 e. The topological polar surface area (TPSA) is 22.1 Å². The second kappa shape index (κ2) is 6.61. The lowest BCUT2D eigenvalue weighted by Gasteiger charge is -2.14. The van der Waals surface area contributed by atoms with Crippen LogP contribution in [0.15, 0.2) is 29.6 Å². The molecule has 2 nitrogen and oxygen atoms in total. The molecule has 0 saturated heterocycles. The van der Waals surface area contributed by atoms with E-state index in [1.54, 1.807) is 11.3 Å². The van der Waals surface area contributed by atoms with Crippen LogP contribution >= 0.6 is 11.3 Å². The minimum Gasteiger partial charge on any atom is -0.486 e. The van der Waals surface area contributed by atoms with Crippen LogP contribution in [0.5, 0.6) is 5.75 Å². The van der Waals surface area contributed by atoms with E-state index in [0.717, 1.165) is 22.9 Å². The van der Waals surface area contributed by atoms with E-state index in [9.17, 15) is 0 Å². The Morgan fingerprint density at radius 1 is 1.19 bits per heavy atom. The lowest BCUT2D eigenvalue weighted by Crippen LogP contribution is -2.11. The molecule has 1 aromatic carbocycles. The van der Waals surface area contributed by atoms with Crippen molar-refractivity contribution < 1.29 is 4.74 Å². The summed E-state index contributed by atoms with van der Waals surface area (Å²) in [5.74, 6) is 1.52.